The molecule has 0 saturated heterocycles. The Labute approximate surface area is 106 Å². The molecule has 4 nitrogen and oxygen atoms in total. The zero-order valence-corrected chi connectivity index (χ0v) is 10.2. The molecule has 0 saturated carbocycles. The van der Waals surface area contributed by atoms with E-state index >= 15 is 0 Å². The SMILES string of the molecule is N=C(N)Nc1c2c(nc3ccccc13)CCCC2. The first-order valence-electron chi connectivity index (χ1n) is 6.27. The van der Waals surface area contributed by atoms with Gasteiger partial charge in [0.1, 0.15) is 0 Å². The van der Waals surface area contributed by atoms with Crippen molar-refractivity contribution in [2.24, 2.45) is 5.73 Å². The van der Waals surface area contributed by atoms with E-state index in [1.807, 2.05) is 24.3 Å². The number of aryl methyl sites for hydroxylation is 1. The molecule has 0 fully saturated rings. The molecule has 0 aliphatic heterocycles. The van der Waals surface area contributed by atoms with E-state index in [1.165, 1.54) is 18.4 Å². The van der Waals surface area contributed by atoms with Gasteiger partial charge in [0.2, 0.25) is 0 Å². The Morgan fingerprint density at radius 1 is 1.22 bits per heavy atom. The molecule has 1 aliphatic carbocycles. The summed E-state index contributed by atoms with van der Waals surface area (Å²) in [6.45, 7) is 0. The molecule has 1 heterocycles. The standard InChI is InChI=1S/C14H16N4/c15-14(16)18-13-9-5-1-3-7-11(9)17-12-8-4-2-6-10(12)13/h1,3,5,7H,2,4,6,8H2,(H4,15,16,17,18). The van der Waals surface area contributed by atoms with Crippen molar-refractivity contribution in [3.05, 3.63) is 35.5 Å². The second kappa shape index (κ2) is 4.29. The van der Waals surface area contributed by atoms with Gasteiger partial charge >= 0.3 is 0 Å². The summed E-state index contributed by atoms with van der Waals surface area (Å²) >= 11 is 0. The van der Waals surface area contributed by atoms with Crippen LogP contribution in [-0.4, -0.2) is 10.9 Å². The van der Waals surface area contributed by atoms with E-state index < -0.39 is 0 Å². The zero-order chi connectivity index (χ0) is 12.5. The first-order chi connectivity index (χ1) is 8.75. The molecule has 92 valence electrons. The fraction of sp³-hybridized carbons (Fsp3) is 0.286. The maximum absolute atomic E-state index is 7.47. The summed E-state index contributed by atoms with van der Waals surface area (Å²) in [6.07, 6.45) is 4.41. The van der Waals surface area contributed by atoms with Crippen LogP contribution in [0.1, 0.15) is 24.1 Å². The number of para-hydroxylation sites is 1. The van der Waals surface area contributed by atoms with Crippen molar-refractivity contribution in [3.8, 4) is 0 Å². The van der Waals surface area contributed by atoms with Crippen LogP contribution in [-0.2, 0) is 12.8 Å². The van der Waals surface area contributed by atoms with Crippen LogP contribution in [0, 0.1) is 5.41 Å². The molecule has 0 amide bonds. The minimum atomic E-state index is -0.0147. The molecule has 4 N–H and O–H groups in total. The van der Waals surface area contributed by atoms with Crippen LogP contribution < -0.4 is 11.1 Å². The molecule has 0 radical (unpaired) electrons. The lowest BCUT2D eigenvalue weighted by Crippen LogP contribution is -2.23. The first-order valence-corrected chi connectivity index (χ1v) is 6.27. The number of hydrogen-bond donors (Lipinski definition) is 3. The molecular formula is C14H16N4. The number of benzene rings is 1. The monoisotopic (exact) mass is 240 g/mol. The van der Waals surface area contributed by atoms with Crippen molar-refractivity contribution in [3.63, 3.8) is 0 Å². The number of nitrogens with zero attached hydrogens (tertiary/aromatic N) is 1. The first kappa shape index (κ1) is 11.0. The van der Waals surface area contributed by atoms with Gasteiger partial charge in [-0.2, -0.15) is 0 Å². The minimum absolute atomic E-state index is 0.0147. The Balaban J connectivity index is 2.28. The lowest BCUT2D eigenvalue weighted by molar-refractivity contribution is 0.673. The maximum atomic E-state index is 7.47. The molecule has 0 spiro atoms. The average Bonchev–Trinajstić information content (AvgIpc) is 2.38. The van der Waals surface area contributed by atoms with Gasteiger partial charge in [-0.15, -0.1) is 0 Å². The quantitative estimate of drug-likeness (QED) is 0.529. The topological polar surface area (TPSA) is 74.8 Å². The molecule has 1 aliphatic rings. The van der Waals surface area contributed by atoms with Gasteiger partial charge in [0.05, 0.1) is 11.2 Å². The molecular weight excluding hydrogens is 224 g/mol. The van der Waals surface area contributed by atoms with E-state index in [2.05, 4.69) is 5.32 Å². The highest BCUT2D eigenvalue weighted by Crippen LogP contribution is 2.32. The molecule has 2 aromatic rings. The third-order valence-electron chi connectivity index (χ3n) is 3.43. The second-order valence-electron chi connectivity index (χ2n) is 4.67. The van der Waals surface area contributed by atoms with Gasteiger partial charge in [-0.25, -0.2) is 0 Å². The number of hydrogen-bond acceptors (Lipinski definition) is 2. The lowest BCUT2D eigenvalue weighted by Gasteiger charge is -2.21. The molecule has 4 heteroatoms. The van der Waals surface area contributed by atoms with Crippen molar-refractivity contribution in [2.75, 3.05) is 5.32 Å². The molecule has 0 bridgehead atoms. The van der Waals surface area contributed by atoms with Gasteiger partial charge in [0.15, 0.2) is 5.96 Å². The van der Waals surface area contributed by atoms with Crippen molar-refractivity contribution in [2.45, 2.75) is 25.7 Å². The summed E-state index contributed by atoms with van der Waals surface area (Å²) < 4.78 is 0. The predicted molar refractivity (Wildman–Crippen MR) is 73.9 cm³/mol. The molecule has 0 unspecified atom stereocenters. The van der Waals surface area contributed by atoms with E-state index in [0.29, 0.717) is 0 Å². The van der Waals surface area contributed by atoms with Gasteiger partial charge in [0.25, 0.3) is 0 Å². The van der Waals surface area contributed by atoms with Crippen molar-refractivity contribution >= 4 is 22.5 Å². The number of guanidine groups is 1. The van der Waals surface area contributed by atoms with E-state index in [4.69, 9.17) is 16.1 Å². The third-order valence-corrected chi connectivity index (χ3v) is 3.43. The molecule has 3 rings (SSSR count). The molecule has 1 aromatic heterocycles. The van der Waals surface area contributed by atoms with Gasteiger partial charge in [-0.3, -0.25) is 10.4 Å². The Morgan fingerprint density at radius 3 is 2.83 bits per heavy atom. The Kier molecular flexibility index (Phi) is 2.63. The van der Waals surface area contributed by atoms with Gasteiger partial charge < -0.3 is 11.1 Å². The smallest absolute Gasteiger partial charge is 0.190 e. The molecule has 18 heavy (non-hydrogen) atoms. The second-order valence-corrected chi connectivity index (χ2v) is 4.67. The van der Waals surface area contributed by atoms with E-state index in [9.17, 15) is 0 Å². The van der Waals surface area contributed by atoms with Crippen LogP contribution in [0.25, 0.3) is 10.9 Å². The fourth-order valence-corrected chi connectivity index (χ4v) is 2.65. The molecule has 0 atom stereocenters. The number of anilines is 1. The van der Waals surface area contributed by atoms with E-state index in [-0.39, 0.29) is 5.96 Å². The maximum Gasteiger partial charge on any atom is 0.190 e. The minimum Gasteiger partial charge on any atom is -0.370 e. The Morgan fingerprint density at radius 2 is 2.00 bits per heavy atom. The summed E-state index contributed by atoms with van der Waals surface area (Å²) in [7, 11) is 0. The summed E-state index contributed by atoms with van der Waals surface area (Å²) in [4.78, 5) is 4.73. The molecule has 1 aromatic carbocycles. The van der Waals surface area contributed by atoms with Crippen molar-refractivity contribution < 1.29 is 0 Å². The van der Waals surface area contributed by atoms with Crippen LogP contribution in [0.3, 0.4) is 0 Å². The van der Waals surface area contributed by atoms with Gasteiger partial charge in [0, 0.05) is 11.1 Å². The van der Waals surface area contributed by atoms with Gasteiger partial charge in [-0.1, -0.05) is 18.2 Å². The highest BCUT2D eigenvalue weighted by atomic mass is 15.0. The number of fused-ring (bicyclic) bond motifs is 2. The van der Waals surface area contributed by atoms with E-state index in [1.54, 1.807) is 0 Å². The van der Waals surface area contributed by atoms with Gasteiger partial charge in [-0.05, 0) is 37.3 Å². The summed E-state index contributed by atoms with van der Waals surface area (Å²) in [5, 5.41) is 11.5. The Bertz CT molecular complexity index is 618. The summed E-state index contributed by atoms with van der Waals surface area (Å²) in [5.41, 5.74) is 9.84. The van der Waals surface area contributed by atoms with E-state index in [0.717, 1.165) is 35.1 Å². The van der Waals surface area contributed by atoms with Crippen LogP contribution >= 0.6 is 0 Å². The van der Waals surface area contributed by atoms with Crippen LogP contribution in [0.2, 0.25) is 0 Å². The van der Waals surface area contributed by atoms with Crippen LogP contribution in [0.4, 0.5) is 5.69 Å². The summed E-state index contributed by atoms with van der Waals surface area (Å²) in [6, 6.07) is 8.02. The largest absolute Gasteiger partial charge is 0.370 e. The normalized spacial score (nSPS) is 14.2. The predicted octanol–water partition coefficient (Wildman–Crippen LogP) is 2.42. The number of nitrogens with two attached hydrogens (primary N) is 1. The Hall–Kier alpha value is -2.10. The highest BCUT2D eigenvalue weighted by Gasteiger charge is 2.18. The van der Waals surface area contributed by atoms with Crippen LogP contribution in [0.5, 0.6) is 0 Å². The average molecular weight is 240 g/mol. The number of pyridine rings is 1. The zero-order valence-electron chi connectivity index (χ0n) is 10.2. The number of nitrogens with one attached hydrogen (secondary N) is 2. The van der Waals surface area contributed by atoms with Crippen LogP contribution in [0.15, 0.2) is 24.3 Å². The fourth-order valence-electron chi connectivity index (χ4n) is 2.65. The number of aromatic nitrogens is 1. The lowest BCUT2D eigenvalue weighted by atomic mass is 9.93. The number of rotatable bonds is 1. The van der Waals surface area contributed by atoms with Crippen molar-refractivity contribution in [1.82, 2.24) is 4.98 Å². The third kappa shape index (κ3) is 1.79. The summed E-state index contributed by atoms with van der Waals surface area (Å²) in [5.74, 6) is -0.0147. The highest BCUT2D eigenvalue weighted by molar-refractivity contribution is 6.02. The van der Waals surface area contributed by atoms with Crippen molar-refractivity contribution in [1.29, 1.82) is 5.41 Å².